The van der Waals surface area contributed by atoms with Crippen LogP contribution in [0.3, 0.4) is 0 Å². The van der Waals surface area contributed by atoms with Crippen LogP contribution in [0.15, 0.2) is 24.5 Å². The fourth-order valence-electron chi connectivity index (χ4n) is 2.24. The summed E-state index contributed by atoms with van der Waals surface area (Å²) in [4.78, 5) is 34.8. The van der Waals surface area contributed by atoms with Crippen LogP contribution in [0.5, 0.6) is 0 Å². The number of carbonyl (C=O) groups is 2. The monoisotopic (exact) mass is 394 g/mol. The van der Waals surface area contributed by atoms with E-state index in [9.17, 15) is 9.59 Å². The Morgan fingerprint density at radius 1 is 1.42 bits per heavy atom. The largest absolute Gasteiger partial charge is 0.444 e. The van der Waals surface area contributed by atoms with Crippen LogP contribution in [0.25, 0.3) is 10.6 Å². The Hall–Kier alpha value is -1.93. The first kappa shape index (κ1) is 20.4. The smallest absolute Gasteiger partial charge is 0.307 e. The molecule has 2 aromatic heterocycles. The molecule has 0 aliphatic carbocycles. The lowest BCUT2D eigenvalue weighted by molar-refractivity contribution is -0.144. The zero-order valence-corrected chi connectivity index (χ0v) is 17.0. The third-order valence-electron chi connectivity index (χ3n) is 3.73. The lowest BCUT2D eigenvalue weighted by atomic mass is 10.2. The standard InChI is InChI=1S/C18H23N3O3S2/c1-4-6-15(22)24-11-21(17(23)12(2)10-25)18-13(3)20-16(26-18)14-7-5-8-19-9-14/h5,7-9,12,25H,4,6,10-11H2,1-3H3/p+1. The summed E-state index contributed by atoms with van der Waals surface area (Å²) in [5.74, 6) is -0.161. The molecule has 0 aliphatic rings. The number of ether oxygens (including phenoxy) is 1. The lowest BCUT2D eigenvalue weighted by Gasteiger charge is -2.23. The van der Waals surface area contributed by atoms with Gasteiger partial charge >= 0.3 is 5.97 Å². The van der Waals surface area contributed by atoms with Gasteiger partial charge in [0.2, 0.25) is 5.91 Å². The first-order valence-corrected chi connectivity index (χ1v) is 9.99. The van der Waals surface area contributed by atoms with E-state index >= 15 is 0 Å². The van der Waals surface area contributed by atoms with Gasteiger partial charge in [-0.05, 0) is 45.0 Å². The molecule has 2 rings (SSSR count). The van der Waals surface area contributed by atoms with E-state index in [1.165, 1.54) is 16.2 Å². The molecule has 0 radical (unpaired) electrons. The van der Waals surface area contributed by atoms with Crippen molar-refractivity contribution in [3.05, 3.63) is 30.2 Å². The van der Waals surface area contributed by atoms with Crippen LogP contribution in [-0.4, -0.2) is 34.3 Å². The molecular weight excluding hydrogens is 370 g/mol. The number of aromatic nitrogens is 2. The van der Waals surface area contributed by atoms with Crippen LogP contribution < -0.4 is 4.90 Å². The van der Waals surface area contributed by atoms with Gasteiger partial charge in [0.1, 0.15) is 15.8 Å². The zero-order chi connectivity index (χ0) is 19.1. The molecule has 0 aromatic carbocycles. The molecule has 0 spiro atoms. The summed E-state index contributed by atoms with van der Waals surface area (Å²) < 4.78 is 5.30. The predicted octanol–water partition coefficient (Wildman–Crippen LogP) is 2.79. The van der Waals surface area contributed by atoms with Crippen LogP contribution in [0, 0.1) is 12.8 Å². The fraction of sp³-hybridized carbons (Fsp3) is 0.444. The quantitative estimate of drug-likeness (QED) is 0.391. The molecule has 2 aromatic rings. The molecule has 8 heteroatoms. The van der Waals surface area contributed by atoms with Gasteiger partial charge in [-0.15, -0.1) is 0 Å². The van der Waals surface area contributed by atoms with E-state index in [2.05, 4.69) is 22.6 Å². The number of pyridine rings is 1. The highest BCUT2D eigenvalue weighted by Crippen LogP contribution is 2.34. The van der Waals surface area contributed by atoms with Crippen molar-refractivity contribution in [1.29, 1.82) is 0 Å². The van der Waals surface area contributed by atoms with Crippen molar-refractivity contribution < 1.29 is 14.3 Å². The second kappa shape index (κ2) is 9.68. The first-order valence-electron chi connectivity index (χ1n) is 8.47. The Morgan fingerprint density at radius 3 is 2.81 bits per heavy atom. The van der Waals surface area contributed by atoms with E-state index in [0.29, 0.717) is 23.6 Å². The Labute approximate surface area is 163 Å². The summed E-state index contributed by atoms with van der Waals surface area (Å²) in [6.45, 7) is 5.47. The normalized spacial score (nSPS) is 11.8. The third kappa shape index (κ3) is 5.04. The number of rotatable bonds is 8. The van der Waals surface area contributed by atoms with Gasteiger partial charge in [0.25, 0.3) is 0 Å². The van der Waals surface area contributed by atoms with E-state index in [1.54, 1.807) is 12.4 Å². The van der Waals surface area contributed by atoms with Gasteiger partial charge in [-0.1, -0.05) is 18.3 Å². The van der Waals surface area contributed by atoms with Gasteiger partial charge in [0, 0.05) is 24.4 Å². The van der Waals surface area contributed by atoms with Gasteiger partial charge in [-0.3, -0.25) is 19.5 Å². The van der Waals surface area contributed by atoms with Gasteiger partial charge < -0.3 is 4.74 Å². The maximum absolute atomic E-state index is 12.8. The molecular formula is C18H24N3O3S2+. The molecule has 0 bridgehead atoms. The van der Waals surface area contributed by atoms with Crippen molar-refractivity contribution >= 4 is 40.8 Å². The highest BCUT2D eigenvalue weighted by Gasteiger charge is 2.27. The van der Waals surface area contributed by atoms with E-state index in [0.717, 1.165) is 16.3 Å². The second-order valence-corrected chi connectivity index (χ2v) is 7.30. The molecule has 26 heavy (non-hydrogen) atoms. The molecule has 1 atom stereocenters. The van der Waals surface area contributed by atoms with Crippen molar-refractivity contribution in [3.63, 3.8) is 0 Å². The topological polar surface area (TPSA) is 72.4 Å². The van der Waals surface area contributed by atoms with Crippen LogP contribution >= 0.6 is 11.3 Å². The van der Waals surface area contributed by atoms with Crippen molar-refractivity contribution in [2.45, 2.75) is 33.6 Å². The van der Waals surface area contributed by atoms with Crippen molar-refractivity contribution in [2.75, 3.05) is 17.4 Å². The number of anilines is 1. The summed E-state index contributed by atoms with van der Waals surface area (Å²) in [6, 6.07) is 3.76. The number of aryl methyl sites for hydroxylation is 1. The van der Waals surface area contributed by atoms with Gasteiger partial charge in [0.15, 0.2) is 6.73 Å². The highest BCUT2D eigenvalue weighted by molar-refractivity contribution is 7.58. The van der Waals surface area contributed by atoms with E-state index in [4.69, 9.17) is 4.74 Å². The Balaban J connectivity index is 2.31. The van der Waals surface area contributed by atoms with Crippen LogP contribution in [-0.2, 0) is 27.0 Å². The molecule has 1 unspecified atom stereocenters. The number of hydrogen-bond acceptors (Lipinski definition) is 6. The molecule has 140 valence electrons. The summed E-state index contributed by atoms with van der Waals surface area (Å²) in [5.41, 5.74) is 1.60. The maximum Gasteiger partial charge on any atom is 0.307 e. The summed E-state index contributed by atoms with van der Waals surface area (Å²) >= 11 is 4.79. The molecule has 0 aliphatic heterocycles. The van der Waals surface area contributed by atoms with E-state index in [1.807, 2.05) is 32.9 Å². The molecule has 0 saturated carbocycles. The zero-order valence-electron chi connectivity index (χ0n) is 15.2. The van der Waals surface area contributed by atoms with Crippen LogP contribution in [0.4, 0.5) is 5.00 Å². The maximum atomic E-state index is 12.8. The second-order valence-electron chi connectivity index (χ2n) is 5.92. The summed E-state index contributed by atoms with van der Waals surface area (Å²) in [6.07, 6.45) is 4.47. The minimum atomic E-state index is -0.314. The van der Waals surface area contributed by atoms with Crippen molar-refractivity contribution in [1.82, 2.24) is 9.97 Å². The molecule has 0 saturated heterocycles. The van der Waals surface area contributed by atoms with Gasteiger partial charge in [0.05, 0.1) is 11.6 Å². The average Bonchev–Trinajstić information content (AvgIpc) is 3.03. The van der Waals surface area contributed by atoms with E-state index < -0.39 is 0 Å². The number of thiazole rings is 1. The fourth-order valence-corrected chi connectivity index (χ4v) is 3.47. The number of hydrogen-bond donors (Lipinski definition) is 0. The lowest BCUT2D eigenvalue weighted by Crippen LogP contribution is -2.38. The minimum absolute atomic E-state index is 0.107. The Bertz CT molecular complexity index is 749. The first-order chi connectivity index (χ1) is 12.5. The van der Waals surface area contributed by atoms with Crippen molar-refractivity contribution in [3.8, 4) is 10.6 Å². The average molecular weight is 395 g/mol. The summed E-state index contributed by atoms with van der Waals surface area (Å²) in [5, 5.41) is 1.46. The van der Waals surface area contributed by atoms with Crippen molar-refractivity contribution in [2.24, 2.45) is 5.92 Å². The Morgan fingerprint density at radius 2 is 2.19 bits per heavy atom. The molecule has 6 nitrogen and oxygen atoms in total. The number of amides is 1. The number of esters is 1. The van der Waals surface area contributed by atoms with Gasteiger partial charge in [-0.2, -0.15) is 0 Å². The minimum Gasteiger partial charge on any atom is -0.444 e. The van der Waals surface area contributed by atoms with Crippen LogP contribution in [0.2, 0.25) is 0 Å². The molecule has 0 fully saturated rings. The van der Waals surface area contributed by atoms with Crippen LogP contribution in [0.1, 0.15) is 32.4 Å². The molecule has 2 heterocycles. The SMILES string of the molecule is CCCC(=O)OCN(C(=O)C(C)C[SH2+])c1sc(-c2cccnc2)nc1C. The number of carbonyl (C=O) groups excluding carboxylic acids is 2. The number of nitrogens with zero attached hydrogens (tertiary/aromatic N) is 3. The Kier molecular flexibility index (Phi) is 7.59. The predicted molar refractivity (Wildman–Crippen MR) is 108 cm³/mol. The van der Waals surface area contributed by atoms with E-state index in [-0.39, 0.29) is 24.5 Å². The van der Waals surface area contributed by atoms with Gasteiger partial charge in [-0.25, -0.2) is 4.98 Å². The molecule has 0 N–H and O–H groups in total. The molecule has 1 amide bonds. The highest BCUT2D eigenvalue weighted by atomic mass is 32.1. The summed E-state index contributed by atoms with van der Waals surface area (Å²) in [7, 11) is 0. The third-order valence-corrected chi connectivity index (χ3v) is 5.57.